The number of benzene rings is 1. The zero-order chi connectivity index (χ0) is 12.8. The predicted molar refractivity (Wildman–Crippen MR) is 74.2 cm³/mol. The van der Waals surface area contributed by atoms with Gasteiger partial charge in [0.15, 0.2) is 0 Å². The molecule has 96 valence electrons. The van der Waals surface area contributed by atoms with E-state index in [4.69, 9.17) is 11.6 Å². The van der Waals surface area contributed by atoms with Crippen molar-refractivity contribution in [2.75, 3.05) is 18.4 Å². The molecular weight excluding hydrogens is 379 g/mol. The van der Waals surface area contributed by atoms with Gasteiger partial charge in [-0.15, -0.1) is 0 Å². The van der Waals surface area contributed by atoms with Crippen LogP contribution in [0.2, 0.25) is 5.02 Å². The summed E-state index contributed by atoms with van der Waals surface area (Å²) in [6, 6.07) is 5.47. The Morgan fingerprint density at radius 3 is 2.59 bits per heavy atom. The summed E-state index contributed by atoms with van der Waals surface area (Å²) in [5.74, 6) is 0. The van der Waals surface area contributed by atoms with Gasteiger partial charge in [0.2, 0.25) is 0 Å². The van der Waals surface area contributed by atoms with E-state index in [1.807, 2.05) is 12.1 Å². The van der Waals surface area contributed by atoms with Crippen molar-refractivity contribution in [2.24, 2.45) is 0 Å². The summed E-state index contributed by atoms with van der Waals surface area (Å²) in [6.45, 7) is 0.761. The van der Waals surface area contributed by atoms with E-state index in [0.717, 1.165) is 10.0 Å². The Kier molecular flexibility index (Phi) is 6.92. The van der Waals surface area contributed by atoms with Crippen LogP contribution >= 0.6 is 43.5 Å². The Morgan fingerprint density at radius 2 is 2.06 bits per heavy atom. The first kappa shape index (κ1) is 15.3. The van der Waals surface area contributed by atoms with Gasteiger partial charge in [-0.05, 0) is 17.7 Å². The Hall–Kier alpha value is 0.290. The van der Waals surface area contributed by atoms with E-state index in [1.54, 1.807) is 11.0 Å². The molecule has 0 heterocycles. The summed E-state index contributed by atoms with van der Waals surface area (Å²) >= 11 is 12.6. The maximum Gasteiger partial charge on any atom is 0.251 e. The van der Waals surface area contributed by atoms with Crippen LogP contribution in [0.25, 0.3) is 0 Å². The van der Waals surface area contributed by atoms with Crippen molar-refractivity contribution in [1.82, 2.24) is 4.90 Å². The zero-order valence-corrected chi connectivity index (χ0v) is 12.9. The molecule has 1 aromatic rings. The molecule has 0 amide bonds. The number of nitrogens with zero attached hydrogens (tertiary/aromatic N) is 1. The zero-order valence-electron chi connectivity index (χ0n) is 8.97. The maximum atomic E-state index is 12.4. The lowest BCUT2D eigenvalue weighted by molar-refractivity contribution is 0.0881. The molecular formula is C11H12Br2ClF2N. The first-order valence-electron chi connectivity index (χ1n) is 5.03. The van der Waals surface area contributed by atoms with Crippen LogP contribution in [0.15, 0.2) is 22.7 Å². The SMILES string of the molecule is FC(F)CN(CCBr)Cc1ccc(Br)cc1Cl. The summed E-state index contributed by atoms with van der Waals surface area (Å²) < 4.78 is 25.6. The molecule has 0 fully saturated rings. The van der Waals surface area contributed by atoms with Gasteiger partial charge in [0.1, 0.15) is 0 Å². The first-order chi connectivity index (χ1) is 8.02. The fourth-order valence-corrected chi connectivity index (χ4v) is 2.68. The quantitative estimate of drug-likeness (QED) is 0.643. The van der Waals surface area contributed by atoms with Crippen LogP contribution in [0, 0.1) is 0 Å². The summed E-state index contributed by atoms with van der Waals surface area (Å²) in [5.41, 5.74) is 0.858. The van der Waals surface area contributed by atoms with Gasteiger partial charge in [0.25, 0.3) is 6.43 Å². The van der Waals surface area contributed by atoms with Crippen LogP contribution in [0.1, 0.15) is 5.56 Å². The van der Waals surface area contributed by atoms with Crippen LogP contribution in [0.3, 0.4) is 0 Å². The van der Waals surface area contributed by atoms with E-state index in [9.17, 15) is 8.78 Å². The molecule has 6 heteroatoms. The minimum absolute atomic E-state index is 0.238. The van der Waals surface area contributed by atoms with Crippen molar-refractivity contribution in [3.63, 3.8) is 0 Å². The Labute approximate surface area is 121 Å². The van der Waals surface area contributed by atoms with Gasteiger partial charge in [-0.3, -0.25) is 4.90 Å². The smallest absolute Gasteiger partial charge is 0.251 e. The van der Waals surface area contributed by atoms with E-state index in [0.29, 0.717) is 23.4 Å². The Balaban J connectivity index is 2.71. The lowest BCUT2D eigenvalue weighted by Crippen LogP contribution is -2.30. The Bertz CT molecular complexity index is 363. The van der Waals surface area contributed by atoms with Gasteiger partial charge in [0, 0.05) is 27.9 Å². The number of halogens is 5. The van der Waals surface area contributed by atoms with Crippen LogP contribution in [0.4, 0.5) is 8.78 Å². The van der Waals surface area contributed by atoms with E-state index in [1.165, 1.54) is 0 Å². The average molecular weight is 391 g/mol. The number of alkyl halides is 3. The summed E-state index contributed by atoms with van der Waals surface area (Å²) in [5, 5.41) is 1.25. The molecule has 1 aromatic carbocycles. The minimum Gasteiger partial charge on any atom is -0.293 e. The third kappa shape index (κ3) is 5.64. The normalized spacial score (nSPS) is 11.5. The monoisotopic (exact) mass is 389 g/mol. The molecule has 1 nitrogen and oxygen atoms in total. The number of hydrogen-bond acceptors (Lipinski definition) is 1. The summed E-state index contributed by atoms with van der Waals surface area (Å²) in [4.78, 5) is 1.68. The first-order valence-corrected chi connectivity index (χ1v) is 7.32. The largest absolute Gasteiger partial charge is 0.293 e. The maximum absolute atomic E-state index is 12.4. The summed E-state index contributed by atoms with van der Waals surface area (Å²) in [7, 11) is 0. The third-order valence-electron chi connectivity index (χ3n) is 2.21. The molecule has 0 aliphatic rings. The van der Waals surface area contributed by atoms with E-state index < -0.39 is 6.43 Å². The predicted octanol–water partition coefficient (Wildman–Crippen LogP) is 4.56. The molecule has 0 saturated carbocycles. The fraction of sp³-hybridized carbons (Fsp3) is 0.455. The molecule has 0 spiro atoms. The second-order valence-electron chi connectivity index (χ2n) is 3.55. The molecule has 0 bridgehead atoms. The van der Waals surface area contributed by atoms with Gasteiger partial charge in [-0.2, -0.15) is 0 Å². The molecule has 0 aliphatic heterocycles. The van der Waals surface area contributed by atoms with Crippen LogP contribution in [-0.2, 0) is 6.54 Å². The van der Waals surface area contributed by atoms with Crippen LogP contribution in [-0.4, -0.2) is 29.7 Å². The van der Waals surface area contributed by atoms with Crippen LogP contribution < -0.4 is 0 Å². The molecule has 0 radical (unpaired) electrons. The third-order valence-corrected chi connectivity index (χ3v) is 3.41. The number of hydrogen-bond donors (Lipinski definition) is 0. The topological polar surface area (TPSA) is 3.24 Å². The van der Waals surface area contributed by atoms with Gasteiger partial charge >= 0.3 is 0 Å². The molecule has 1 rings (SSSR count). The highest BCUT2D eigenvalue weighted by Gasteiger charge is 2.13. The second kappa shape index (κ2) is 7.67. The van der Waals surface area contributed by atoms with Gasteiger partial charge in [0.05, 0.1) is 6.54 Å². The highest BCUT2D eigenvalue weighted by molar-refractivity contribution is 9.10. The van der Waals surface area contributed by atoms with Crippen molar-refractivity contribution in [2.45, 2.75) is 13.0 Å². The minimum atomic E-state index is -2.33. The van der Waals surface area contributed by atoms with E-state index >= 15 is 0 Å². The van der Waals surface area contributed by atoms with Gasteiger partial charge in [-0.1, -0.05) is 49.5 Å². The van der Waals surface area contributed by atoms with Crippen molar-refractivity contribution in [3.05, 3.63) is 33.3 Å². The summed E-state index contributed by atoms with van der Waals surface area (Å²) in [6.07, 6.45) is -2.33. The van der Waals surface area contributed by atoms with Crippen LogP contribution in [0.5, 0.6) is 0 Å². The van der Waals surface area contributed by atoms with E-state index in [2.05, 4.69) is 31.9 Å². The molecule has 17 heavy (non-hydrogen) atoms. The number of rotatable bonds is 6. The highest BCUT2D eigenvalue weighted by Crippen LogP contribution is 2.22. The Morgan fingerprint density at radius 1 is 1.35 bits per heavy atom. The second-order valence-corrected chi connectivity index (χ2v) is 5.67. The fourth-order valence-electron chi connectivity index (χ4n) is 1.44. The molecule has 0 N–H and O–H groups in total. The van der Waals surface area contributed by atoms with Crippen molar-refractivity contribution in [1.29, 1.82) is 0 Å². The lowest BCUT2D eigenvalue weighted by atomic mass is 10.2. The molecule has 0 aliphatic carbocycles. The van der Waals surface area contributed by atoms with Crippen molar-refractivity contribution < 1.29 is 8.78 Å². The van der Waals surface area contributed by atoms with E-state index in [-0.39, 0.29) is 6.54 Å². The molecule has 0 atom stereocenters. The standard InChI is InChI=1S/C11H12Br2ClF2N/c12-3-4-17(7-11(15)16)6-8-1-2-9(13)5-10(8)14/h1-2,5,11H,3-4,6-7H2. The van der Waals surface area contributed by atoms with Gasteiger partial charge in [-0.25, -0.2) is 8.78 Å². The van der Waals surface area contributed by atoms with Crippen molar-refractivity contribution in [3.8, 4) is 0 Å². The van der Waals surface area contributed by atoms with Crippen molar-refractivity contribution >= 4 is 43.5 Å². The molecule has 0 unspecified atom stereocenters. The average Bonchev–Trinajstić information content (AvgIpc) is 2.21. The molecule has 0 saturated heterocycles. The highest BCUT2D eigenvalue weighted by atomic mass is 79.9. The molecule has 0 aromatic heterocycles. The van der Waals surface area contributed by atoms with Gasteiger partial charge < -0.3 is 0 Å². The lowest BCUT2D eigenvalue weighted by Gasteiger charge is -2.21.